The summed E-state index contributed by atoms with van der Waals surface area (Å²) in [6.07, 6.45) is 3.42. The van der Waals surface area contributed by atoms with Gasteiger partial charge in [0.25, 0.3) is 10.2 Å². The van der Waals surface area contributed by atoms with Gasteiger partial charge < -0.3 is 4.90 Å². The van der Waals surface area contributed by atoms with E-state index in [1.54, 1.807) is 0 Å². The topological polar surface area (TPSA) is 83.7 Å². The molecule has 1 heterocycles. The molecule has 0 bridgehead atoms. The van der Waals surface area contributed by atoms with E-state index < -0.39 is 10.2 Å². The molecule has 2 aliphatic rings. The molecule has 1 aromatic rings. The van der Waals surface area contributed by atoms with Crippen LogP contribution in [-0.2, 0) is 15.0 Å². The van der Waals surface area contributed by atoms with Gasteiger partial charge in [-0.15, -0.1) is 0 Å². The van der Waals surface area contributed by atoms with Crippen LogP contribution in [0.5, 0.6) is 0 Å². The Balaban J connectivity index is 1.69. The third-order valence-electron chi connectivity index (χ3n) is 4.63. The Morgan fingerprint density at radius 3 is 2.26 bits per heavy atom. The number of amides is 1. The van der Waals surface area contributed by atoms with Crippen molar-refractivity contribution >= 4 is 21.8 Å². The lowest BCUT2D eigenvalue weighted by atomic mass is 9.96. The maximum absolute atomic E-state index is 12.9. The number of nitrogens with zero attached hydrogens (tertiary/aromatic N) is 2. The Bertz CT molecular complexity index is 650. The molecule has 1 saturated carbocycles. The summed E-state index contributed by atoms with van der Waals surface area (Å²) in [6.45, 7) is 1.40. The number of anilines is 1. The summed E-state index contributed by atoms with van der Waals surface area (Å²) in [6, 6.07) is 9.73. The highest BCUT2D eigenvalue weighted by atomic mass is 32.2. The van der Waals surface area contributed by atoms with E-state index in [1.165, 1.54) is 17.1 Å². The predicted octanol–water partition coefficient (Wildman–Crippen LogP) is 1.35. The van der Waals surface area contributed by atoms with Gasteiger partial charge in [0.2, 0.25) is 5.91 Å². The molecule has 3 rings (SSSR count). The molecule has 126 valence electrons. The Labute approximate surface area is 137 Å². The van der Waals surface area contributed by atoms with Gasteiger partial charge in [0.15, 0.2) is 0 Å². The summed E-state index contributed by atoms with van der Waals surface area (Å²) >= 11 is 0. The van der Waals surface area contributed by atoms with E-state index in [1.807, 2.05) is 35.2 Å². The SMILES string of the molecule is NS(=O)(=O)N1CCC(C(=O)N(CC2CC2)c2ccccc2)CC1. The third-order valence-corrected chi connectivity index (χ3v) is 5.72. The van der Waals surface area contributed by atoms with Gasteiger partial charge in [-0.1, -0.05) is 18.2 Å². The first kappa shape index (κ1) is 16.4. The van der Waals surface area contributed by atoms with E-state index in [0.717, 1.165) is 12.2 Å². The molecular weight excluding hydrogens is 314 g/mol. The van der Waals surface area contributed by atoms with Gasteiger partial charge in [0, 0.05) is 31.2 Å². The maximum atomic E-state index is 12.9. The number of piperidine rings is 1. The van der Waals surface area contributed by atoms with Crippen LogP contribution < -0.4 is 10.0 Å². The average Bonchev–Trinajstić information content (AvgIpc) is 3.36. The second kappa shape index (κ2) is 6.59. The van der Waals surface area contributed by atoms with Crippen LogP contribution in [0.25, 0.3) is 0 Å². The summed E-state index contributed by atoms with van der Waals surface area (Å²) in [7, 11) is -3.65. The minimum atomic E-state index is -3.65. The normalized spacial score (nSPS) is 20.4. The highest BCUT2D eigenvalue weighted by molar-refractivity contribution is 7.86. The van der Waals surface area contributed by atoms with Crippen LogP contribution in [0.4, 0.5) is 5.69 Å². The first-order valence-electron chi connectivity index (χ1n) is 8.09. The molecule has 2 fully saturated rings. The highest BCUT2D eigenvalue weighted by Crippen LogP contribution is 2.33. The number of para-hydroxylation sites is 1. The second-order valence-electron chi connectivity index (χ2n) is 6.45. The summed E-state index contributed by atoms with van der Waals surface area (Å²) in [4.78, 5) is 14.8. The lowest BCUT2D eigenvalue weighted by Gasteiger charge is -2.33. The largest absolute Gasteiger partial charge is 0.312 e. The lowest BCUT2D eigenvalue weighted by molar-refractivity contribution is -0.123. The highest BCUT2D eigenvalue weighted by Gasteiger charge is 2.34. The Hall–Kier alpha value is -1.44. The predicted molar refractivity (Wildman–Crippen MR) is 88.9 cm³/mol. The molecule has 0 aromatic heterocycles. The summed E-state index contributed by atoms with van der Waals surface area (Å²) in [5, 5.41) is 5.16. The van der Waals surface area contributed by atoms with E-state index >= 15 is 0 Å². The van der Waals surface area contributed by atoms with Gasteiger partial charge in [-0.05, 0) is 43.7 Å². The van der Waals surface area contributed by atoms with Gasteiger partial charge >= 0.3 is 0 Å². The monoisotopic (exact) mass is 337 g/mol. The summed E-state index contributed by atoms with van der Waals surface area (Å²) in [5.74, 6) is 0.577. The van der Waals surface area contributed by atoms with Crippen molar-refractivity contribution < 1.29 is 13.2 Å². The van der Waals surface area contributed by atoms with E-state index in [9.17, 15) is 13.2 Å². The van der Waals surface area contributed by atoms with Gasteiger partial charge in [0.05, 0.1) is 0 Å². The summed E-state index contributed by atoms with van der Waals surface area (Å²) < 4.78 is 24.0. The van der Waals surface area contributed by atoms with Crippen LogP contribution in [0.15, 0.2) is 30.3 Å². The fourth-order valence-corrected chi connectivity index (χ4v) is 3.79. The summed E-state index contributed by atoms with van der Waals surface area (Å²) in [5.41, 5.74) is 0.929. The van der Waals surface area contributed by atoms with Crippen molar-refractivity contribution in [2.75, 3.05) is 24.5 Å². The van der Waals surface area contributed by atoms with E-state index in [-0.39, 0.29) is 11.8 Å². The minimum Gasteiger partial charge on any atom is -0.312 e. The molecule has 7 heteroatoms. The number of benzene rings is 1. The molecule has 0 unspecified atom stereocenters. The smallest absolute Gasteiger partial charge is 0.276 e. The third kappa shape index (κ3) is 4.10. The molecule has 0 atom stereocenters. The number of hydrogen-bond donors (Lipinski definition) is 1. The Morgan fingerprint density at radius 2 is 1.74 bits per heavy atom. The van der Waals surface area contributed by atoms with Crippen molar-refractivity contribution in [2.45, 2.75) is 25.7 Å². The van der Waals surface area contributed by atoms with Crippen molar-refractivity contribution in [3.8, 4) is 0 Å². The Morgan fingerprint density at radius 1 is 1.13 bits per heavy atom. The Kier molecular flexibility index (Phi) is 4.70. The number of rotatable bonds is 5. The first-order valence-corrected chi connectivity index (χ1v) is 9.60. The molecule has 0 spiro atoms. The second-order valence-corrected chi connectivity index (χ2v) is 7.99. The molecule has 1 amide bonds. The van der Waals surface area contributed by atoms with Crippen LogP contribution in [0.2, 0.25) is 0 Å². The van der Waals surface area contributed by atoms with Crippen LogP contribution in [0.3, 0.4) is 0 Å². The standard InChI is InChI=1S/C16H23N3O3S/c17-23(21,22)18-10-8-14(9-11-18)16(20)19(12-13-6-7-13)15-4-2-1-3-5-15/h1-5,13-14H,6-12H2,(H2,17,21,22). The van der Waals surface area contributed by atoms with E-state index in [4.69, 9.17) is 5.14 Å². The van der Waals surface area contributed by atoms with Crippen LogP contribution in [0, 0.1) is 11.8 Å². The lowest BCUT2D eigenvalue weighted by Crippen LogP contribution is -2.46. The van der Waals surface area contributed by atoms with Crippen LogP contribution in [-0.4, -0.2) is 38.3 Å². The maximum Gasteiger partial charge on any atom is 0.276 e. The van der Waals surface area contributed by atoms with Crippen molar-refractivity contribution in [2.24, 2.45) is 17.0 Å². The molecule has 2 N–H and O–H groups in total. The quantitative estimate of drug-likeness (QED) is 0.880. The van der Waals surface area contributed by atoms with Crippen LogP contribution in [0.1, 0.15) is 25.7 Å². The zero-order valence-corrected chi connectivity index (χ0v) is 13.9. The van der Waals surface area contributed by atoms with Crippen molar-refractivity contribution in [1.82, 2.24) is 4.31 Å². The molecule has 1 aliphatic carbocycles. The zero-order valence-electron chi connectivity index (χ0n) is 13.1. The van der Waals surface area contributed by atoms with Gasteiger partial charge in [-0.2, -0.15) is 12.7 Å². The van der Waals surface area contributed by atoms with Gasteiger partial charge in [-0.25, -0.2) is 5.14 Å². The number of nitrogens with two attached hydrogens (primary N) is 1. The van der Waals surface area contributed by atoms with Crippen LogP contribution >= 0.6 is 0 Å². The fraction of sp³-hybridized carbons (Fsp3) is 0.562. The van der Waals surface area contributed by atoms with Crippen molar-refractivity contribution in [3.63, 3.8) is 0 Å². The van der Waals surface area contributed by atoms with Crippen molar-refractivity contribution in [1.29, 1.82) is 0 Å². The minimum absolute atomic E-state index is 0.108. The zero-order chi connectivity index (χ0) is 16.4. The molecule has 23 heavy (non-hydrogen) atoms. The fourth-order valence-electron chi connectivity index (χ4n) is 3.07. The first-order chi connectivity index (χ1) is 10.9. The number of carbonyl (C=O) groups excluding carboxylic acids is 1. The van der Waals surface area contributed by atoms with Gasteiger partial charge in [-0.3, -0.25) is 4.79 Å². The molecule has 1 aromatic carbocycles. The van der Waals surface area contributed by atoms with E-state index in [0.29, 0.717) is 31.8 Å². The van der Waals surface area contributed by atoms with Crippen molar-refractivity contribution in [3.05, 3.63) is 30.3 Å². The van der Waals surface area contributed by atoms with E-state index in [2.05, 4.69) is 0 Å². The van der Waals surface area contributed by atoms with Gasteiger partial charge in [0.1, 0.15) is 0 Å². The molecule has 0 radical (unpaired) electrons. The number of carbonyl (C=O) groups is 1. The molecule has 6 nitrogen and oxygen atoms in total. The average molecular weight is 337 g/mol. The molecular formula is C16H23N3O3S. The molecule has 1 saturated heterocycles. The number of hydrogen-bond acceptors (Lipinski definition) is 3. The molecule has 1 aliphatic heterocycles.